The second-order valence-corrected chi connectivity index (χ2v) is 7.06. The molecule has 1 aliphatic heterocycles. The minimum atomic E-state index is -0.553. The Morgan fingerprint density at radius 3 is 2.31 bits per heavy atom. The fourth-order valence-electron chi connectivity index (χ4n) is 3.20. The zero-order valence-electron chi connectivity index (χ0n) is 15.4. The zero-order valence-corrected chi connectivity index (χ0v) is 16.2. The van der Waals surface area contributed by atoms with Gasteiger partial charge in [-0.15, -0.1) is 0 Å². The molecule has 1 N–H and O–H groups in total. The molecule has 0 saturated heterocycles. The van der Waals surface area contributed by atoms with Crippen molar-refractivity contribution in [3.8, 4) is 0 Å². The van der Waals surface area contributed by atoms with Gasteiger partial charge in [-0.3, -0.25) is 9.59 Å². The van der Waals surface area contributed by atoms with Crippen molar-refractivity contribution in [2.75, 3.05) is 10.2 Å². The molecule has 0 fully saturated rings. The van der Waals surface area contributed by atoms with Crippen molar-refractivity contribution in [1.29, 1.82) is 0 Å². The number of benzene rings is 3. The van der Waals surface area contributed by atoms with Crippen LogP contribution in [0, 0.1) is 12.7 Å². The van der Waals surface area contributed by atoms with Crippen LogP contribution in [0.4, 0.5) is 15.8 Å². The molecule has 2 amide bonds. The average Bonchev–Trinajstić information content (AvgIpc) is 2.93. The van der Waals surface area contributed by atoms with E-state index < -0.39 is 17.6 Å². The highest BCUT2D eigenvalue weighted by atomic mass is 35.5. The molecular formula is C23H16ClFN2O2. The van der Waals surface area contributed by atoms with Crippen molar-refractivity contribution >= 4 is 40.4 Å². The van der Waals surface area contributed by atoms with E-state index in [1.165, 1.54) is 18.2 Å². The molecule has 0 unspecified atom stereocenters. The van der Waals surface area contributed by atoms with Crippen LogP contribution in [0.5, 0.6) is 0 Å². The molecule has 3 aromatic carbocycles. The predicted molar refractivity (Wildman–Crippen MR) is 112 cm³/mol. The van der Waals surface area contributed by atoms with Crippen molar-refractivity contribution in [3.63, 3.8) is 0 Å². The first-order chi connectivity index (χ1) is 14.0. The molecular weight excluding hydrogens is 391 g/mol. The Labute approximate surface area is 172 Å². The molecule has 6 heteroatoms. The van der Waals surface area contributed by atoms with E-state index >= 15 is 0 Å². The Balaban J connectivity index is 1.85. The van der Waals surface area contributed by atoms with Crippen molar-refractivity contribution < 1.29 is 14.0 Å². The van der Waals surface area contributed by atoms with Gasteiger partial charge in [-0.2, -0.15) is 0 Å². The number of imide groups is 1. The second-order valence-electron chi connectivity index (χ2n) is 6.65. The van der Waals surface area contributed by atoms with Gasteiger partial charge in [-0.1, -0.05) is 59.6 Å². The number of para-hydroxylation sites is 1. The van der Waals surface area contributed by atoms with Crippen LogP contribution in [0.3, 0.4) is 0 Å². The van der Waals surface area contributed by atoms with Gasteiger partial charge >= 0.3 is 0 Å². The summed E-state index contributed by atoms with van der Waals surface area (Å²) in [4.78, 5) is 27.6. The minimum Gasteiger partial charge on any atom is -0.350 e. The summed E-state index contributed by atoms with van der Waals surface area (Å²) in [7, 11) is 0. The van der Waals surface area contributed by atoms with Gasteiger partial charge in [0.05, 0.1) is 16.3 Å². The highest BCUT2D eigenvalue weighted by molar-refractivity contribution is 6.48. The molecule has 0 radical (unpaired) electrons. The lowest BCUT2D eigenvalue weighted by Crippen LogP contribution is -2.32. The first-order valence-corrected chi connectivity index (χ1v) is 9.31. The van der Waals surface area contributed by atoms with Gasteiger partial charge < -0.3 is 5.32 Å². The van der Waals surface area contributed by atoms with E-state index in [4.69, 9.17) is 11.6 Å². The minimum absolute atomic E-state index is 0.0735. The van der Waals surface area contributed by atoms with Crippen LogP contribution >= 0.6 is 11.6 Å². The summed E-state index contributed by atoms with van der Waals surface area (Å²) < 4.78 is 13.6. The molecule has 0 atom stereocenters. The molecule has 29 heavy (non-hydrogen) atoms. The smallest absolute Gasteiger partial charge is 0.282 e. The van der Waals surface area contributed by atoms with E-state index in [2.05, 4.69) is 5.32 Å². The molecule has 0 spiro atoms. The Hall–Kier alpha value is -3.44. The Kier molecular flexibility index (Phi) is 4.91. The number of hydrogen-bond donors (Lipinski definition) is 1. The number of aryl methyl sites for hydroxylation is 1. The van der Waals surface area contributed by atoms with E-state index in [1.54, 1.807) is 42.5 Å². The molecule has 4 nitrogen and oxygen atoms in total. The van der Waals surface area contributed by atoms with Crippen molar-refractivity contribution in [2.45, 2.75) is 6.92 Å². The van der Waals surface area contributed by atoms with Gasteiger partial charge in [-0.25, -0.2) is 9.29 Å². The number of carbonyl (C=O) groups excluding carboxylic acids is 2. The van der Waals surface area contributed by atoms with E-state index in [-0.39, 0.29) is 16.3 Å². The van der Waals surface area contributed by atoms with Crippen LogP contribution in [0.1, 0.15) is 11.1 Å². The molecule has 0 saturated carbocycles. The highest BCUT2D eigenvalue weighted by Crippen LogP contribution is 2.36. The molecule has 0 aliphatic carbocycles. The largest absolute Gasteiger partial charge is 0.350 e. The van der Waals surface area contributed by atoms with Crippen LogP contribution in [0.25, 0.3) is 5.57 Å². The first kappa shape index (κ1) is 18.9. The van der Waals surface area contributed by atoms with E-state index in [9.17, 15) is 14.0 Å². The van der Waals surface area contributed by atoms with Crippen LogP contribution < -0.4 is 10.2 Å². The van der Waals surface area contributed by atoms with Crippen LogP contribution in [-0.4, -0.2) is 11.8 Å². The summed E-state index contributed by atoms with van der Waals surface area (Å²) in [6.07, 6.45) is 0. The number of carbonyl (C=O) groups is 2. The van der Waals surface area contributed by atoms with Gasteiger partial charge in [0.25, 0.3) is 11.8 Å². The monoisotopic (exact) mass is 406 g/mol. The Bertz CT molecular complexity index is 1160. The SMILES string of the molecule is Cc1ccc(C2=C(Nc3cccc(F)c3)C(=O)N(c3ccccc3Cl)C2=O)cc1. The topological polar surface area (TPSA) is 49.4 Å². The second kappa shape index (κ2) is 7.53. The molecule has 1 aliphatic rings. The fraction of sp³-hybridized carbons (Fsp3) is 0.0435. The number of rotatable bonds is 4. The van der Waals surface area contributed by atoms with Crippen molar-refractivity contribution in [1.82, 2.24) is 0 Å². The normalized spacial score (nSPS) is 14.0. The maximum absolute atomic E-state index is 13.6. The maximum Gasteiger partial charge on any atom is 0.282 e. The fourth-order valence-corrected chi connectivity index (χ4v) is 3.42. The Morgan fingerprint density at radius 2 is 1.62 bits per heavy atom. The number of anilines is 2. The van der Waals surface area contributed by atoms with Crippen LogP contribution in [-0.2, 0) is 9.59 Å². The number of amides is 2. The van der Waals surface area contributed by atoms with Gasteiger partial charge in [0.15, 0.2) is 0 Å². The number of hydrogen-bond acceptors (Lipinski definition) is 3. The number of halogens is 2. The highest BCUT2D eigenvalue weighted by Gasteiger charge is 2.41. The lowest BCUT2D eigenvalue weighted by Gasteiger charge is -2.16. The number of nitrogens with one attached hydrogen (secondary N) is 1. The summed E-state index contributed by atoms with van der Waals surface area (Å²) in [6, 6.07) is 19.6. The predicted octanol–water partition coefficient (Wildman–Crippen LogP) is 5.18. The lowest BCUT2D eigenvalue weighted by atomic mass is 10.0. The van der Waals surface area contributed by atoms with Crippen LogP contribution in [0.15, 0.2) is 78.5 Å². The Morgan fingerprint density at radius 1 is 0.897 bits per heavy atom. The molecule has 1 heterocycles. The first-order valence-electron chi connectivity index (χ1n) is 8.93. The molecule has 3 aromatic rings. The van der Waals surface area contributed by atoms with Gasteiger partial charge in [0, 0.05) is 5.69 Å². The lowest BCUT2D eigenvalue weighted by molar-refractivity contribution is -0.120. The summed E-state index contributed by atoms with van der Waals surface area (Å²) >= 11 is 6.24. The third-order valence-corrected chi connectivity index (χ3v) is 4.93. The molecule has 0 aromatic heterocycles. The summed E-state index contributed by atoms with van der Waals surface area (Å²) in [5, 5.41) is 3.21. The summed E-state index contributed by atoms with van der Waals surface area (Å²) in [5.41, 5.74) is 2.55. The van der Waals surface area contributed by atoms with Crippen molar-refractivity contribution in [2.24, 2.45) is 0 Å². The standard InChI is InChI=1S/C23H16ClFN2O2/c1-14-9-11-15(12-10-14)20-21(26-17-6-4-5-16(25)13-17)23(29)27(22(20)28)19-8-3-2-7-18(19)24/h2-13,26H,1H3. The molecule has 0 bridgehead atoms. The third kappa shape index (κ3) is 3.52. The van der Waals surface area contributed by atoms with Gasteiger partial charge in [0.1, 0.15) is 11.5 Å². The van der Waals surface area contributed by atoms with E-state index in [0.717, 1.165) is 10.5 Å². The quantitative estimate of drug-likeness (QED) is 0.607. The van der Waals surface area contributed by atoms with E-state index in [0.29, 0.717) is 16.9 Å². The third-order valence-electron chi connectivity index (χ3n) is 4.61. The van der Waals surface area contributed by atoms with Gasteiger partial charge in [-0.05, 0) is 42.8 Å². The summed E-state index contributed by atoms with van der Waals surface area (Å²) in [6.45, 7) is 1.93. The van der Waals surface area contributed by atoms with Crippen LogP contribution in [0.2, 0.25) is 5.02 Å². The van der Waals surface area contributed by atoms with Crippen molar-refractivity contribution in [3.05, 3.63) is 100 Å². The number of nitrogens with zero attached hydrogens (tertiary/aromatic N) is 1. The van der Waals surface area contributed by atoms with E-state index in [1.807, 2.05) is 19.1 Å². The van der Waals surface area contributed by atoms with Gasteiger partial charge in [0.2, 0.25) is 0 Å². The maximum atomic E-state index is 13.6. The zero-order chi connectivity index (χ0) is 20.5. The molecule has 144 valence electrons. The molecule has 4 rings (SSSR count). The average molecular weight is 407 g/mol. The summed E-state index contributed by atoms with van der Waals surface area (Å²) in [5.74, 6) is -1.50.